The monoisotopic (exact) mass is 241 g/mol. The summed E-state index contributed by atoms with van der Waals surface area (Å²) in [4.78, 5) is 0. The van der Waals surface area contributed by atoms with Gasteiger partial charge in [0.15, 0.2) is 0 Å². The third-order valence-electron chi connectivity index (χ3n) is 2.76. The zero-order valence-corrected chi connectivity index (χ0v) is 9.85. The van der Waals surface area contributed by atoms with Crippen LogP contribution in [-0.4, -0.2) is 29.6 Å². The standard InChI is InChI=1S/C11H16NO3P/c12-10-7-16(14,8-11(10)13)15-6-9-4-2-1-3-5-9/h1-5,10-11,13H,6-8,12H2. The Morgan fingerprint density at radius 1 is 1.38 bits per heavy atom. The molecule has 3 unspecified atom stereocenters. The van der Waals surface area contributed by atoms with E-state index in [9.17, 15) is 9.67 Å². The van der Waals surface area contributed by atoms with Gasteiger partial charge in [0, 0.05) is 12.2 Å². The van der Waals surface area contributed by atoms with Gasteiger partial charge in [-0.15, -0.1) is 0 Å². The molecule has 16 heavy (non-hydrogen) atoms. The van der Waals surface area contributed by atoms with Gasteiger partial charge in [0.1, 0.15) is 0 Å². The molecular weight excluding hydrogens is 225 g/mol. The summed E-state index contributed by atoms with van der Waals surface area (Å²) in [7, 11) is -2.72. The summed E-state index contributed by atoms with van der Waals surface area (Å²) in [6, 6.07) is 9.15. The molecule has 0 spiro atoms. The lowest BCUT2D eigenvalue weighted by molar-refractivity contribution is 0.182. The maximum atomic E-state index is 12.1. The number of benzene rings is 1. The van der Waals surface area contributed by atoms with Gasteiger partial charge in [-0.3, -0.25) is 4.57 Å². The second-order valence-electron chi connectivity index (χ2n) is 4.17. The zero-order chi connectivity index (χ0) is 11.6. The van der Waals surface area contributed by atoms with Crippen LogP contribution in [0.2, 0.25) is 0 Å². The second kappa shape index (κ2) is 4.68. The van der Waals surface area contributed by atoms with Gasteiger partial charge in [-0.2, -0.15) is 0 Å². The highest BCUT2D eigenvalue weighted by Crippen LogP contribution is 2.53. The first kappa shape index (κ1) is 11.8. The van der Waals surface area contributed by atoms with E-state index in [1.165, 1.54) is 0 Å². The maximum absolute atomic E-state index is 12.1. The third kappa shape index (κ3) is 2.71. The van der Waals surface area contributed by atoms with E-state index in [0.717, 1.165) is 5.56 Å². The molecule has 0 radical (unpaired) electrons. The van der Waals surface area contributed by atoms with Crippen molar-refractivity contribution in [3.63, 3.8) is 0 Å². The lowest BCUT2D eigenvalue weighted by Gasteiger charge is -2.12. The minimum atomic E-state index is -2.72. The molecule has 1 aromatic rings. The van der Waals surface area contributed by atoms with Gasteiger partial charge in [0.2, 0.25) is 7.37 Å². The molecule has 1 heterocycles. The van der Waals surface area contributed by atoms with Crippen LogP contribution in [-0.2, 0) is 15.7 Å². The van der Waals surface area contributed by atoms with Gasteiger partial charge in [-0.05, 0) is 5.56 Å². The van der Waals surface area contributed by atoms with Crippen molar-refractivity contribution < 1.29 is 14.2 Å². The summed E-state index contributed by atoms with van der Waals surface area (Å²) in [6.07, 6.45) is -0.233. The number of rotatable bonds is 3. The van der Waals surface area contributed by atoms with E-state index in [-0.39, 0.29) is 12.3 Å². The summed E-state index contributed by atoms with van der Waals surface area (Å²) in [5.41, 5.74) is 6.60. The molecule has 1 fully saturated rings. The van der Waals surface area contributed by atoms with Crippen LogP contribution in [0.15, 0.2) is 30.3 Å². The van der Waals surface area contributed by atoms with Gasteiger partial charge < -0.3 is 15.4 Å². The van der Waals surface area contributed by atoms with Gasteiger partial charge in [-0.1, -0.05) is 30.3 Å². The van der Waals surface area contributed by atoms with Crippen LogP contribution in [0.5, 0.6) is 0 Å². The van der Waals surface area contributed by atoms with Crippen molar-refractivity contribution in [2.75, 3.05) is 12.3 Å². The highest BCUT2D eigenvalue weighted by molar-refractivity contribution is 7.59. The second-order valence-corrected chi connectivity index (χ2v) is 6.79. The molecule has 2 rings (SSSR count). The van der Waals surface area contributed by atoms with Crippen molar-refractivity contribution in [2.45, 2.75) is 18.8 Å². The summed E-state index contributed by atoms with van der Waals surface area (Å²) in [5, 5.41) is 9.45. The molecule has 1 aliphatic heterocycles. The Balaban J connectivity index is 1.94. The first-order valence-corrected chi connectivity index (χ1v) is 7.29. The van der Waals surface area contributed by atoms with Crippen LogP contribution in [0.3, 0.4) is 0 Å². The number of aliphatic hydroxyl groups excluding tert-OH is 1. The van der Waals surface area contributed by atoms with Gasteiger partial charge in [0.05, 0.1) is 18.9 Å². The van der Waals surface area contributed by atoms with Crippen molar-refractivity contribution in [3.8, 4) is 0 Å². The lowest BCUT2D eigenvalue weighted by atomic mass is 10.2. The molecule has 1 aliphatic rings. The molecule has 3 N–H and O–H groups in total. The first-order valence-electron chi connectivity index (χ1n) is 5.29. The molecule has 1 saturated heterocycles. The Kier molecular flexibility index (Phi) is 3.45. The largest absolute Gasteiger partial charge is 0.391 e. The highest BCUT2D eigenvalue weighted by atomic mass is 31.2. The summed E-state index contributed by atoms with van der Waals surface area (Å²) < 4.78 is 17.6. The first-order chi connectivity index (χ1) is 7.59. The van der Waals surface area contributed by atoms with E-state index in [4.69, 9.17) is 10.3 Å². The molecule has 4 nitrogen and oxygen atoms in total. The lowest BCUT2D eigenvalue weighted by Crippen LogP contribution is -2.32. The molecule has 0 aromatic heterocycles. The SMILES string of the molecule is NC1CP(=O)(OCc2ccccc2)CC1O. The molecule has 0 saturated carbocycles. The van der Waals surface area contributed by atoms with E-state index in [1.807, 2.05) is 30.3 Å². The predicted octanol–water partition coefficient (Wildman–Crippen LogP) is 1.18. The minimum Gasteiger partial charge on any atom is -0.391 e. The Labute approximate surface area is 94.9 Å². The van der Waals surface area contributed by atoms with Crippen molar-refractivity contribution in [1.29, 1.82) is 0 Å². The van der Waals surface area contributed by atoms with Crippen molar-refractivity contribution in [3.05, 3.63) is 35.9 Å². The normalized spacial score (nSPS) is 34.1. The fraction of sp³-hybridized carbons (Fsp3) is 0.455. The topological polar surface area (TPSA) is 72.6 Å². The Bertz CT molecular complexity index is 381. The molecular formula is C11H16NO3P. The fourth-order valence-corrected chi connectivity index (χ4v) is 4.28. The fourth-order valence-electron chi connectivity index (χ4n) is 1.81. The van der Waals surface area contributed by atoms with Crippen LogP contribution in [0.25, 0.3) is 0 Å². The predicted molar refractivity (Wildman–Crippen MR) is 62.6 cm³/mol. The third-order valence-corrected chi connectivity index (χ3v) is 5.27. The van der Waals surface area contributed by atoms with Crippen LogP contribution < -0.4 is 5.73 Å². The van der Waals surface area contributed by atoms with Gasteiger partial charge in [-0.25, -0.2) is 0 Å². The molecule has 1 aromatic carbocycles. The Morgan fingerprint density at radius 2 is 2.06 bits per heavy atom. The number of hydrogen-bond acceptors (Lipinski definition) is 4. The summed E-state index contributed by atoms with van der Waals surface area (Å²) in [5.74, 6) is 0. The van der Waals surface area contributed by atoms with E-state index >= 15 is 0 Å². The molecule has 5 heteroatoms. The van der Waals surface area contributed by atoms with Crippen LogP contribution in [0, 0.1) is 0 Å². The van der Waals surface area contributed by atoms with Crippen LogP contribution in [0.1, 0.15) is 5.56 Å². The van der Waals surface area contributed by atoms with Crippen LogP contribution >= 0.6 is 7.37 Å². The van der Waals surface area contributed by atoms with Crippen LogP contribution in [0.4, 0.5) is 0 Å². The molecule has 0 aliphatic carbocycles. The summed E-state index contributed by atoms with van der Waals surface area (Å²) in [6.45, 7) is 0.317. The minimum absolute atomic E-state index is 0.182. The Hall–Kier alpha value is -0.670. The van der Waals surface area contributed by atoms with E-state index in [2.05, 4.69) is 0 Å². The number of aliphatic hydroxyl groups is 1. The van der Waals surface area contributed by atoms with Gasteiger partial charge in [0.25, 0.3) is 0 Å². The number of nitrogens with two attached hydrogens (primary N) is 1. The van der Waals surface area contributed by atoms with Crippen molar-refractivity contribution in [2.24, 2.45) is 5.73 Å². The molecule has 0 amide bonds. The quantitative estimate of drug-likeness (QED) is 0.779. The average molecular weight is 241 g/mol. The molecule has 3 atom stereocenters. The van der Waals surface area contributed by atoms with E-state index in [0.29, 0.717) is 6.61 Å². The van der Waals surface area contributed by atoms with E-state index < -0.39 is 19.5 Å². The Morgan fingerprint density at radius 3 is 2.62 bits per heavy atom. The highest BCUT2D eigenvalue weighted by Gasteiger charge is 2.40. The maximum Gasteiger partial charge on any atom is 0.207 e. The molecule has 88 valence electrons. The molecule has 0 bridgehead atoms. The van der Waals surface area contributed by atoms with Crippen molar-refractivity contribution >= 4 is 7.37 Å². The average Bonchev–Trinajstić information content (AvgIpc) is 2.53. The van der Waals surface area contributed by atoms with E-state index in [1.54, 1.807) is 0 Å². The smallest absolute Gasteiger partial charge is 0.207 e. The van der Waals surface area contributed by atoms with Crippen molar-refractivity contribution in [1.82, 2.24) is 0 Å². The number of hydrogen-bond donors (Lipinski definition) is 2. The summed E-state index contributed by atoms with van der Waals surface area (Å²) >= 11 is 0. The zero-order valence-electron chi connectivity index (χ0n) is 8.95. The van der Waals surface area contributed by atoms with Gasteiger partial charge >= 0.3 is 0 Å².